The predicted molar refractivity (Wildman–Crippen MR) is 86.2 cm³/mol. The molecular formula is C15H11BrN2O5. The van der Waals surface area contributed by atoms with Crippen LogP contribution in [0.25, 0.3) is 0 Å². The average Bonchev–Trinajstić information content (AvgIpc) is 2.55. The Kier molecular flexibility index (Phi) is 4.16. The van der Waals surface area contributed by atoms with Gasteiger partial charge >= 0.3 is 0 Å². The summed E-state index contributed by atoms with van der Waals surface area (Å²) in [5.74, 6) is 0.513. The molecule has 8 heteroatoms. The molecule has 0 saturated heterocycles. The molecule has 118 valence electrons. The van der Waals surface area contributed by atoms with E-state index in [0.29, 0.717) is 34.9 Å². The quantitative estimate of drug-likeness (QED) is 0.652. The van der Waals surface area contributed by atoms with E-state index in [0.717, 1.165) is 0 Å². The van der Waals surface area contributed by atoms with Crippen molar-refractivity contribution in [3.63, 3.8) is 0 Å². The fourth-order valence-electron chi connectivity index (χ4n) is 2.17. The van der Waals surface area contributed by atoms with E-state index in [-0.39, 0.29) is 11.3 Å². The highest BCUT2D eigenvalue weighted by Crippen LogP contribution is 2.38. The maximum atomic E-state index is 12.4. The van der Waals surface area contributed by atoms with E-state index in [1.54, 1.807) is 18.2 Å². The number of hydrogen-bond donors (Lipinski definition) is 1. The number of anilines is 1. The van der Waals surface area contributed by atoms with Crippen LogP contribution in [0.5, 0.6) is 11.5 Å². The van der Waals surface area contributed by atoms with E-state index in [9.17, 15) is 14.9 Å². The van der Waals surface area contributed by atoms with Crippen molar-refractivity contribution in [3.8, 4) is 11.5 Å². The van der Waals surface area contributed by atoms with Gasteiger partial charge in [0.25, 0.3) is 11.6 Å². The van der Waals surface area contributed by atoms with Crippen molar-refractivity contribution in [1.82, 2.24) is 0 Å². The standard InChI is InChI=1S/C15H11BrN2O5/c16-10-7-13-14(23-6-5-22-13)8-11(10)17-15(19)9-3-1-2-4-12(9)18(20)21/h1-4,7-8H,5-6H2,(H,17,19). The summed E-state index contributed by atoms with van der Waals surface area (Å²) >= 11 is 3.34. The zero-order chi connectivity index (χ0) is 16.4. The molecule has 3 rings (SSSR count). The summed E-state index contributed by atoms with van der Waals surface area (Å²) in [5.41, 5.74) is 0.176. The number of para-hydroxylation sites is 1. The van der Waals surface area contributed by atoms with E-state index in [4.69, 9.17) is 9.47 Å². The number of benzene rings is 2. The van der Waals surface area contributed by atoms with Gasteiger partial charge in [-0.25, -0.2) is 0 Å². The van der Waals surface area contributed by atoms with Crippen LogP contribution in [0.2, 0.25) is 0 Å². The third kappa shape index (κ3) is 3.11. The summed E-state index contributed by atoms with van der Waals surface area (Å²) in [7, 11) is 0. The second-order valence-electron chi connectivity index (χ2n) is 4.70. The molecule has 1 aliphatic rings. The van der Waals surface area contributed by atoms with Crippen LogP contribution in [-0.4, -0.2) is 24.0 Å². The minimum absolute atomic E-state index is 0.0145. The lowest BCUT2D eigenvalue weighted by molar-refractivity contribution is -0.385. The number of ether oxygens (including phenoxy) is 2. The monoisotopic (exact) mass is 378 g/mol. The van der Waals surface area contributed by atoms with Gasteiger partial charge in [0.15, 0.2) is 11.5 Å². The van der Waals surface area contributed by atoms with E-state index < -0.39 is 10.8 Å². The molecule has 0 aliphatic carbocycles. The number of carbonyl (C=O) groups is 1. The van der Waals surface area contributed by atoms with Crippen LogP contribution in [0.1, 0.15) is 10.4 Å². The van der Waals surface area contributed by atoms with E-state index >= 15 is 0 Å². The highest BCUT2D eigenvalue weighted by atomic mass is 79.9. The second-order valence-corrected chi connectivity index (χ2v) is 5.56. The molecule has 0 aromatic heterocycles. The SMILES string of the molecule is O=C(Nc1cc2c(cc1Br)OCCO2)c1ccccc1[N+](=O)[O-]. The first-order valence-corrected chi connectivity index (χ1v) is 7.49. The fourth-order valence-corrected chi connectivity index (χ4v) is 2.60. The van der Waals surface area contributed by atoms with Crippen molar-refractivity contribution in [2.24, 2.45) is 0 Å². The van der Waals surface area contributed by atoms with Crippen molar-refractivity contribution < 1.29 is 19.2 Å². The van der Waals surface area contributed by atoms with Crippen molar-refractivity contribution >= 4 is 33.2 Å². The number of carbonyl (C=O) groups excluding carboxylic acids is 1. The Hall–Kier alpha value is -2.61. The van der Waals surface area contributed by atoms with Gasteiger partial charge in [-0.3, -0.25) is 14.9 Å². The number of nitro groups is 1. The van der Waals surface area contributed by atoms with Gasteiger partial charge in [-0.15, -0.1) is 0 Å². The summed E-state index contributed by atoms with van der Waals surface area (Å²) in [6, 6.07) is 9.07. The van der Waals surface area contributed by atoms with Gasteiger partial charge in [0.2, 0.25) is 0 Å². The maximum absolute atomic E-state index is 12.4. The van der Waals surface area contributed by atoms with E-state index in [1.807, 2.05) is 0 Å². The Balaban J connectivity index is 1.90. The molecule has 0 saturated carbocycles. The predicted octanol–water partition coefficient (Wildman–Crippen LogP) is 3.38. The van der Waals surface area contributed by atoms with Crippen LogP contribution in [-0.2, 0) is 0 Å². The zero-order valence-electron chi connectivity index (χ0n) is 11.7. The van der Waals surface area contributed by atoms with E-state index in [1.165, 1.54) is 18.2 Å². The van der Waals surface area contributed by atoms with Gasteiger partial charge in [-0.1, -0.05) is 12.1 Å². The lowest BCUT2D eigenvalue weighted by Gasteiger charge is -2.20. The number of rotatable bonds is 3. The molecule has 23 heavy (non-hydrogen) atoms. The lowest BCUT2D eigenvalue weighted by Crippen LogP contribution is -2.17. The minimum atomic E-state index is -0.590. The Bertz CT molecular complexity index is 793. The van der Waals surface area contributed by atoms with Crippen LogP contribution in [0.3, 0.4) is 0 Å². The summed E-state index contributed by atoms with van der Waals surface area (Å²) in [6.45, 7) is 0.882. The summed E-state index contributed by atoms with van der Waals surface area (Å²) in [4.78, 5) is 22.8. The Morgan fingerprint density at radius 2 is 1.83 bits per heavy atom. The number of nitrogens with one attached hydrogen (secondary N) is 1. The number of fused-ring (bicyclic) bond motifs is 1. The van der Waals surface area contributed by atoms with Gasteiger partial charge in [-0.05, 0) is 22.0 Å². The average molecular weight is 379 g/mol. The maximum Gasteiger partial charge on any atom is 0.282 e. The highest BCUT2D eigenvalue weighted by Gasteiger charge is 2.21. The third-order valence-electron chi connectivity index (χ3n) is 3.23. The first-order chi connectivity index (χ1) is 11.1. The summed E-state index contributed by atoms with van der Waals surface area (Å²) < 4.78 is 11.5. The molecule has 2 aromatic carbocycles. The molecule has 0 spiro atoms. The molecular weight excluding hydrogens is 368 g/mol. The molecule has 1 heterocycles. The summed E-state index contributed by atoms with van der Waals surface area (Å²) in [5, 5.41) is 13.7. The number of amides is 1. The van der Waals surface area contributed by atoms with Crippen LogP contribution >= 0.6 is 15.9 Å². The Morgan fingerprint density at radius 1 is 1.17 bits per heavy atom. The number of nitrogens with zero attached hydrogens (tertiary/aromatic N) is 1. The largest absolute Gasteiger partial charge is 0.486 e. The van der Waals surface area contributed by atoms with Gasteiger partial charge < -0.3 is 14.8 Å². The third-order valence-corrected chi connectivity index (χ3v) is 3.88. The van der Waals surface area contributed by atoms with Gasteiger partial charge in [0.05, 0.1) is 10.6 Å². The van der Waals surface area contributed by atoms with Crippen LogP contribution in [0.15, 0.2) is 40.9 Å². The first-order valence-electron chi connectivity index (χ1n) is 6.70. The Morgan fingerprint density at radius 3 is 2.52 bits per heavy atom. The number of nitro benzene ring substituents is 1. The van der Waals surface area contributed by atoms with Crippen molar-refractivity contribution in [2.45, 2.75) is 0 Å². The van der Waals surface area contributed by atoms with Gasteiger partial charge in [-0.2, -0.15) is 0 Å². The zero-order valence-corrected chi connectivity index (χ0v) is 13.3. The molecule has 0 radical (unpaired) electrons. The second kappa shape index (κ2) is 6.25. The van der Waals surface area contributed by atoms with E-state index in [2.05, 4.69) is 21.2 Å². The van der Waals surface area contributed by atoms with Gasteiger partial charge in [0.1, 0.15) is 18.8 Å². The summed E-state index contributed by atoms with van der Waals surface area (Å²) in [6.07, 6.45) is 0. The minimum Gasteiger partial charge on any atom is -0.486 e. The fraction of sp³-hybridized carbons (Fsp3) is 0.133. The molecule has 0 atom stereocenters. The van der Waals surface area contributed by atoms with Crippen LogP contribution in [0.4, 0.5) is 11.4 Å². The molecule has 2 aromatic rings. The first kappa shape index (κ1) is 15.3. The molecule has 0 fully saturated rings. The molecule has 1 aliphatic heterocycles. The van der Waals surface area contributed by atoms with Crippen molar-refractivity contribution in [2.75, 3.05) is 18.5 Å². The van der Waals surface area contributed by atoms with Crippen LogP contribution in [0, 0.1) is 10.1 Å². The van der Waals surface area contributed by atoms with Crippen LogP contribution < -0.4 is 14.8 Å². The number of halogens is 1. The Labute approximate surface area is 139 Å². The molecule has 1 amide bonds. The smallest absolute Gasteiger partial charge is 0.282 e. The highest BCUT2D eigenvalue weighted by molar-refractivity contribution is 9.10. The van der Waals surface area contributed by atoms with Crippen molar-refractivity contribution in [1.29, 1.82) is 0 Å². The topological polar surface area (TPSA) is 90.7 Å². The van der Waals surface area contributed by atoms with Crippen molar-refractivity contribution in [3.05, 3.63) is 56.5 Å². The lowest BCUT2D eigenvalue weighted by atomic mass is 10.1. The molecule has 7 nitrogen and oxygen atoms in total. The molecule has 1 N–H and O–H groups in total. The molecule has 0 unspecified atom stereocenters. The van der Waals surface area contributed by atoms with Gasteiger partial charge in [0, 0.05) is 22.7 Å². The number of hydrogen-bond acceptors (Lipinski definition) is 5. The normalized spacial score (nSPS) is 12.6. The molecule has 0 bridgehead atoms.